The van der Waals surface area contributed by atoms with Crippen molar-refractivity contribution in [3.05, 3.63) is 36.0 Å². The molecule has 0 bridgehead atoms. The molecule has 21 heavy (non-hydrogen) atoms. The minimum atomic E-state index is 0.194. The van der Waals surface area contributed by atoms with Crippen molar-refractivity contribution in [2.45, 2.75) is 26.3 Å². The molecule has 0 aliphatic heterocycles. The molecule has 0 fully saturated rings. The van der Waals surface area contributed by atoms with E-state index in [1.807, 2.05) is 32.2 Å². The van der Waals surface area contributed by atoms with E-state index in [2.05, 4.69) is 27.5 Å². The number of rotatable bonds is 6. The smallest absolute Gasteiger partial charge is 0.165 e. The Bertz CT molecular complexity index is 597. The third-order valence-electron chi connectivity index (χ3n) is 3.48. The van der Waals surface area contributed by atoms with Gasteiger partial charge in [-0.05, 0) is 38.6 Å². The molecule has 0 aliphatic rings. The van der Waals surface area contributed by atoms with E-state index in [0.717, 1.165) is 24.3 Å². The molecule has 112 valence electrons. The molecule has 1 aromatic heterocycles. The average molecular weight is 286 g/mol. The lowest BCUT2D eigenvalue weighted by Crippen LogP contribution is -2.32. The van der Waals surface area contributed by atoms with Crippen LogP contribution in [0, 0.1) is 6.92 Å². The second-order valence-corrected chi connectivity index (χ2v) is 5.06. The van der Waals surface area contributed by atoms with Crippen molar-refractivity contribution in [1.82, 2.24) is 15.3 Å². The summed E-state index contributed by atoms with van der Waals surface area (Å²) in [5.41, 5.74) is 1.71. The minimum absolute atomic E-state index is 0.194. The largest absolute Gasteiger partial charge is 0.507 e. The number of phenols is 1. The highest BCUT2D eigenvalue weighted by atomic mass is 16.3. The number of nitrogens with one attached hydrogen (secondary N) is 2. The first kappa shape index (κ1) is 15.3. The Hall–Kier alpha value is -2.14. The van der Waals surface area contributed by atoms with Crippen molar-refractivity contribution >= 4 is 5.82 Å². The van der Waals surface area contributed by atoms with Crippen LogP contribution in [0.25, 0.3) is 11.4 Å². The number of hydrogen-bond donors (Lipinski definition) is 3. The lowest BCUT2D eigenvalue weighted by molar-refractivity contribution is 0.476. The van der Waals surface area contributed by atoms with E-state index >= 15 is 0 Å². The SMILES string of the molecule is CC[C@H](CNc1ccnc(-c2cc(C)ccc2O)n1)NC. The lowest BCUT2D eigenvalue weighted by Gasteiger charge is -2.15. The maximum absolute atomic E-state index is 9.96. The molecule has 5 heteroatoms. The Morgan fingerprint density at radius 2 is 2.10 bits per heavy atom. The minimum Gasteiger partial charge on any atom is -0.507 e. The topological polar surface area (TPSA) is 70.1 Å². The summed E-state index contributed by atoms with van der Waals surface area (Å²) in [6, 6.07) is 7.65. The molecule has 0 saturated heterocycles. The Morgan fingerprint density at radius 3 is 2.81 bits per heavy atom. The van der Waals surface area contributed by atoms with Crippen LogP contribution in [0.15, 0.2) is 30.5 Å². The van der Waals surface area contributed by atoms with E-state index < -0.39 is 0 Å². The molecule has 2 aromatic rings. The van der Waals surface area contributed by atoms with E-state index in [1.54, 1.807) is 12.3 Å². The maximum Gasteiger partial charge on any atom is 0.165 e. The highest BCUT2D eigenvalue weighted by molar-refractivity contribution is 5.65. The van der Waals surface area contributed by atoms with Gasteiger partial charge < -0.3 is 15.7 Å². The predicted molar refractivity (Wildman–Crippen MR) is 85.5 cm³/mol. The average Bonchev–Trinajstić information content (AvgIpc) is 2.51. The Morgan fingerprint density at radius 1 is 1.29 bits per heavy atom. The number of anilines is 1. The van der Waals surface area contributed by atoms with Crippen LogP contribution in [-0.2, 0) is 0 Å². The molecule has 0 spiro atoms. The molecule has 0 unspecified atom stereocenters. The number of aromatic hydroxyl groups is 1. The number of phenolic OH excluding ortho intramolecular Hbond substituents is 1. The molecule has 2 rings (SSSR count). The van der Waals surface area contributed by atoms with Gasteiger partial charge in [-0.15, -0.1) is 0 Å². The van der Waals surface area contributed by atoms with Gasteiger partial charge in [0.2, 0.25) is 0 Å². The molecule has 1 atom stereocenters. The fraction of sp³-hybridized carbons (Fsp3) is 0.375. The molecule has 0 radical (unpaired) electrons. The van der Waals surface area contributed by atoms with Crippen molar-refractivity contribution in [2.24, 2.45) is 0 Å². The van der Waals surface area contributed by atoms with Gasteiger partial charge in [0.15, 0.2) is 5.82 Å². The van der Waals surface area contributed by atoms with Crippen LogP contribution < -0.4 is 10.6 Å². The third kappa shape index (κ3) is 3.92. The lowest BCUT2D eigenvalue weighted by atomic mass is 10.1. The Labute approximate surface area is 125 Å². The highest BCUT2D eigenvalue weighted by Crippen LogP contribution is 2.27. The van der Waals surface area contributed by atoms with E-state index in [0.29, 0.717) is 17.4 Å². The van der Waals surface area contributed by atoms with Gasteiger partial charge in [0.1, 0.15) is 11.6 Å². The van der Waals surface area contributed by atoms with Crippen molar-refractivity contribution in [2.75, 3.05) is 18.9 Å². The second kappa shape index (κ2) is 7.04. The van der Waals surface area contributed by atoms with Crippen LogP contribution in [0.3, 0.4) is 0 Å². The maximum atomic E-state index is 9.96. The number of nitrogens with zero attached hydrogens (tertiary/aromatic N) is 2. The van der Waals surface area contributed by atoms with Gasteiger partial charge in [-0.2, -0.15) is 0 Å². The standard InChI is InChI=1S/C16H22N4O/c1-4-12(17-3)10-19-15-7-8-18-16(20-15)13-9-11(2)5-6-14(13)21/h5-9,12,17,21H,4,10H2,1-3H3,(H,18,19,20)/t12-/m1/s1. The highest BCUT2D eigenvalue weighted by Gasteiger charge is 2.09. The summed E-state index contributed by atoms with van der Waals surface area (Å²) in [4.78, 5) is 8.73. The van der Waals surface area contributed by atoms with Crippen LogP contribution >= 0.6 is 0 Å². The summed E-state index contributed by atoms with van der Waals surface area (Å²) in [5.74, 6) is 1.48. The molecule has 5 nitrogen and oxygen atoms in total. The van der Waals surface area contributed by atoms with Crippen LogP contribution in [0.4, 0.5) is 5.82 Å². The first-order valence-electron chi connectivity index (χ1n) is 7.18. The van der Waals surface area contributed by atoms with E-state index in [-0.39, 0.29) is 5.75 Å². The fourth-order valence-electron chi connectivity index (χ4n) is 2.09. The Balaban J connectivity index is 2.19. The van der Waals surface area contributed by atoms with Crippen LogP contribution in [-0.4, -0.2) is 34.7 Å². The molecular formula is C16H22N4O. The summed E-state index contributed by atoms with van der Waals surface area (Å²) in [5, 5.41) is 16.5. The van der Waals surface area contributed by atoms with E-state index in [1.165, 1.54) is 0 Å². The molecule has 0 saturated carbocycles. The van der Waals surface area contributed by atoms with Crippen molar-refractivity contribution in [1.29, 1.82) is 0 Å². The zero-order valence-electron chi connectivity index (χ0n) is 12.7. The first-order valence-corrected chi connectivity index (χ1v) is 7.18. The molecule has 0 amide bonds. The van der Waals surface area contributed by atoms with Gasteiger partial charge >= 0.3 is 0 Å². The monoisotopic (exact) mass is 286 g/mol. The first-order chi connectivity index (χ1) is 10.1. The molecule has 1 aromatic carbocycles. The number of hydrogen-bond acceptors (Lipinski definition) is 5. The van der Waals surface area contributed by atoms with Gasteiger partial charge in [0, 0.05) is 18.8 Å². The molecular weight excluding hydrogens is 264 g/mol. The van der Waals surface area contributed by atoms with Gasteiger partial charge in [0.25, 0.3) is 0 Å². The van der Waals surface area contributed by atoms with Gasteiger partial charge in [-0.3, -0.25) is 0 Å². The van der Waals surface area contributed by atoms with Gasteiger partial charge in [0.05, 0.1) is 5.56 Å². The van der Waals surface area contributed by atoms with Crippen molar-refractivity contribution < 1.29 is 5.11 Å². The van der Waals surface area contributed by atoms with Crippen molar-refractivity contribution in [3.63, 3.8) is 0 Å². The quantitative estimate of drug-likeness (QED) is 0.761. The van der Waals surface area contributed by atoms with E-state index in [4.69, 9.17) is 0 Å². The summed E-state index contributed by atoms with van der Waals surface area (Å²) in [7, 11) is 1.95. The number of aromatic nitrogens is 2. The van der Waals surface area contributed by atoms with Crippen LogP contribution in [0.1, 0.15) is 18.9 Å². The molecule has 1 heterocycles. The fourth-order valence-corrected chi connectivity index (χ4v) is 2.09. The molecule has 3 N–H and O–H groups in total. The number of likely N-dealkylation sites (N-methyl/N-ethyl adjacent to an activating group) is 1. The third-order valence-corrected chi connectivity index (χ3v) is 3.48. The zero-order valence-corrected chi connectivity index (χ0v) is 12.7. The summed E-state index contributed by atoms with van der Waals surface area (Å²) < 4.78 is 0. The van der Waals surface area contributed by atoms with E-state index in [9.17, 15) is 5.11 Å². The number of aryl methyl sites for hydroxylation is 1. The second-order valence-electron chi connectivity index (χ2n) is 5.06. The summed E-state index contributed by atoms with van der Waals surface area (Å²) >= 11 is 0. The predicted octanol–water partition coefficient (Wildman–Crippen LogP) is 2.57. The van der Waals surface area contributed by atoms with Gasteiger partial charge in [-0.1, -0.05) is 18.6 Å². The number of benzene rings is 1. The van der Waals surface area contributed by atoms with Crippen LogP contribution in [0.5, 0.6) is 5.75 Å². The normalized spacial score (nSPS) is 12.1. The summed E-state index contributed by atoms with van der Waals surface area (Å²) in [6.45, 7) is 4.91. The van der Waals surface area contributed by atoms with Gasteiger partial charge in [-0.25, -0.2) is 9.97 Å². The Kier molecular flexibility index (Phi) is 5.11. The van der Waals surface area contributed by atoms with Crippen molar-refractivity contribution in [3.8, 4) is 17.1 Å². The summed E-state index contributed by atoms with van der Waals surface area (Å²) in [6.07, 6.45) is 2.74. The molecule has 0 aliphatic carbocycles. The van der Waals surface area contributed by atoms with Crippen LogP contribution in [0.2, 0.25) is 0 Å². The zero-order chi connectivity index (χ0) is 15.2.